The average molecular weight is 505 g/mol. The number of piperidine rings is 1. The second kappa shape index (κ2) is 10.5. The molecule has 1 atom stereocenters. The summed E-state index contributed by atoms with van der Waals surface area (Å²) in [6, 6.07) is 8.99. The van der Waals surface area contributed by atoms with E-state index in [9.17, 15) is 27.9 Å². The Kier molecular flexibility index (Phi) is 7.59. The second-order valence-electron chi connectivity index (χ2n) is 9.77. The minimum absolute atomic E-state index is 0.00553. The van der Waals surface area contributed by atoms with Crippen LogP contribution in [0.4, 0.5) is 18.9 Å². The van der Waals surface area contributed by atoms with E-state index in [0.717, 1.165) is 30.2 Å². The van der Waals surface area contributed by atoms with Gasteiger partial charge < -0.3 is 14.7 Å². The third kappa shape index (κ3) is 5.67. The van der Waals surface area contributed by atoms with Crippen LogP contribution in [0.5, 0.6) is 5.75 Å². The molecule has 0 radical (unpaired) electrons. The molecule has 2 aliphatic heterocycles. The highest BCUT2D eigenvalue weighted by Gasteiger charge is 2.35. The zero-order valence-electron chi connectivity index (χ0n) is 20.5. The van der Waals surface area contributed by atoms with E-state index in [1.165, 1.54) is 6.07 Å². The first-order valence-corrected chi connectivity index (χ1v) is 12.3. The number of alkyl halides is 3. The average Bonchev–Trinajstić information content (AvgIpc) is 3.25. The van der Waals surface area contributed by atoms with Crippen molar-refractivity contribution < 1.29 is 32.6 Å². The van der Waals surface area contributed by atoms with Crippen molar-refractivity contribution in [1.82, 2.24) is 4.90 Å². The van der Waals surface area contributed by atoms with Crippen LogP contribution in [0.2, 0.25) is 0 Å². The lowest BCUT2D eigenvalue weighted by Crippen LogP contribution is -2.49. The quantitative estimate of drug-likeness (QED) is 0.559. The summed E-state index contributed by atoms with van der Waals surface area (Å²) >= 11 is 0. The van der Waals surface area contributed by atoms with Crippen molar-refractivity contribution in [3.63, 3.8) is 0 Å². The zero-order valence-corrected chi connectivity index (χ0v) is 20.5. The smallest absolute Gasteiger partial charge is 0.416 e. The summed E-state index contributed by atoms with van der Waals surface area (Å²) < 4.78 is 46.3. The first kappa shape index (κ1) is 26.0. The maximum Gasteiger partial charge on any atom is 0.416 e. The zero-order chi connectivity index (χ0) is 26.0. The van der Waals surface area contributed by atoms with Gasteiger partial charge in [0.05, 0.1) is 12.1 Å². The Balaban J connectivity index is 1.42. The molecule has 1 amide bonds. The van der Waals surface area contributed by atoms with Gasteiger partial charge in [-0.05, 0) is 72.7 Å². The number of hydrogen-bond acceptors (Lipinski definition) is 4. The predicted octanol–water partition coefficient (Wildman–Crippen LogP) is 5.24. The fourth-order valence-corrected chi connectivity index (χ4v) is 5.05. The van der Waals surface area contributed by atoms with Gasteiger partial charge in [-0.3, -0.25) is 14.5 Å². The molecule has 2 aliphatic rings. The van der Waals surface area contributed by atoms with Crippen molar-refractivity contribution in [1.29, 1.82) is 0 Å². The molecule has 0 saturated carbocycles. The van der Waals surface area contributed by atoms with Gasteiger partial charge in [0.15, 0.2) is 0 Å². The van der Waals surface area contributed by atoms with E-state index in [2.05, 4.69) is 0 Å². The molecule has 6 nitrogen and oxygen atoms in total. The van der Waals surface area contributed by atoms with Gasteiger partial charge in [0.1, 0.15) is 18.4 Å². The van der Waals surface area contributed by atoms with Gasteiger partial charge in [-0.2, -0.15) is 13.2 Å². The number of carbonyl (C=O) groups excluding carboxylic acids is 1. The van der Waals surface area contributed by atoms with Crippen LogP contribution in [0.3, 0.4) is 0 Å². The summed E-state index contributed by atoms with van der Waals surface area (Å²) in [5.74, 6) is -0.761. The van der Waals surface area contributed by atoms with E-state index >= 15 is 0 Å². The molecule has 1 unspecified atom stereocenters. The highest BCUT2D eigenvalue weighted by atomic mass is 19.4. The minimum Gasteiger partial charge on any atom is -0.489 e. The van der Waals surface area contributed by atoms with E-state index in [1.807, 2.05) is 6.07 Å². The fourth-order valence-electron chi connectivity index (χ4n) is 5.05. The van der Waals surface area contributed by atoms with Crippen molar-refractivity contribution in [2.75, 3.05) is 24.5 Å². The largest absolute Gasteiger partial charge is 0.489 e. The molecular weight excluding hydrogens is 473 g/mol. The first-order valence-electron chi connectivity index (χ1n) is 12.3. The summed E-state index contributed by atoms with van der Waals surface area (Å²) in [5.41, 5.74) is 1.73. The van der Waals surface area contributed by atoms with Gasteiger partial charge in [-0.1, -0.05) is 32.4 Å². The maximum atomic E-state index is 13.5. The number of anilines is 1. The molecule has 2 aromatic rings. The summed E-state index contributed by atoms with van der Waals surface area (Å²) in [4.78, 5) is 28.0. The number of hydrogen-bond donors (Lipinski definition) is 1. The fraction of sp³-hybridized carbons (Fsp3) is 0.481. The van der Waals surface area contributed by atoms with Crippen LogP contribution in [0.25, 0.3) is 0 Å². The number of halogens is 3. The number of carbonyl (C=O) groups is 2. The molecule has 9 heteroatoms. The van der Waals surface area contributed by atoms with Crippen molar-refractivity contribution >= 4 is 17.6 Å². The number of rotatable bonds is 7. The van der Waals surface area contributed by atoms with Crippen LogP contribution < -0.4 is 9.64 Å². The molecule has 194 valence electrons. The number of aliphatic carboxylic acids is 1. The lowest BCUT2D eigenvalue weighted by Gasteiger charge is -2.33. The molecule has 2 heterocycles. The van der Waals surface area contributed by atoms with Crippen molar-refractivity contribution in [3.05, 3.63) is 58.7 Å². The Morgan fingerprint density at radius 2 is 1.89 bits per heavy atom. The Bertz CT molecular complexity index is 1130. The van der Waals surface area contributed by atoms with E-state index < -0.39 is 23.8 Å². The van der Waals surface area contributed by atoms with Crippen LogP contribution in [0.1, 0.15) is 61.3 Å². The molecule has 36 heavy (non-hydrogen) atoms. The highest BCUT2D eigenvalue weighted by molar-refractivity contribution is 5.97. The lowest BCUT2D eigenvalue weighted by atomic mass is 9.95. The second-order valence-corrected chi connectivity index (χ2v) is 9.77. The highest BCUT2D eigenvalue weighted by Crippen LogP contribution is 2.36. The van der Waals surface area contributed by atoms with Gasteiger partial charge in [0, 0.05) is 12.2 Å². The molecule has 2 aromatic carbocycles. The van der Waals surface area contributed by atoms with Gasteiger partial charge in [-0.25, -0.2) is 0 Å². The SMILES string of the molecule is CC(C)c1ccc(COc2ccc3c(c2)CCN3C(=O)CN2CCCCC2C(=O)O)cc1C(F)(F)F. The number of ether oxygens (including phenoxy) is 1. The van der Waals surface area contributed by atoms with Crippen LogP contribution in [-0.2, 0) is 28.8 Å². The summed E-state index contributed by atoms with van der Waals surface area (Å²) in [6.45, 7) is 4.60. The normalized spacial score (nSPS) is 18.4. The molecule has 1 N–H and O–H groups in total. The number of amides is 1. The van der Waals surface area contributed by atoms with Crippen LogP contribution in [-0.4, -0.2) is 47.6 Å². The Labute approximate surface area is 208 Å². The lowest BCUT2D eigenvalue weighted by molar-refractivity contribution is -0.145. The number of likely N-dealkylation sites (tertiary alicyclic amines) is 1. The van der Waals surface area contributed by atoms with E-state index in [-0.39, 0.29) is 30.5 Å². The summed E-state index contributed by atoms with van der Waals surface area (Å²) in [6.07, 6.45) is -1.54. The number of nitrogens with zero attached hydrogens (tertiary/aromatic N) is 2. The molecule has 1 fully saturated rings. The number of carboxylic acids is 1. The maximum absolute atomic E-state index is 13.5. The Morgan fingerprint density at radius 3 is 2.58 bits per heavy atom. The minimum atomic E-state index is -4.43. The molecule has 0 aromatic heterocycles. The standard InChI is InChI=1S/C27H31F3N2O4/c1-17(2)21-8-6-18(13-22(21)27(28,29)30)16-36-20-7-9-23-19(14-20)10-12-32(23)25(33)15-31-11-4-3-5-24(31)26(34)35/h6-9,13-14,17,24H,3-5,10-12,15-16H2,1-2H3,(H,34,35). The van der Waals surface area contributed by atoms with Crippen molar-refractivity contribution in [2.24, 2.45) is 0 Å². The number of benzene rings is 2. The molecule has 0 spiro atoms. The number of carboxylic acid groups (broad SMARTS) is 1. The van der Waals surface area contributed by atoms with Gasteiger partial charge >= 0.3 is 12.1 Å². The summed E-state index contributed by atoms with van der Waals surface area (Å²) in [7, 11) is 0. The van der Waals surface area contributed by atoms with Crippen LogP contribution in [0, 0.1) is 0 Å². The van der Waals surface area contributed by atoms with Gasteiger partial charge in [-0.15, -0.1) is 0 Å². The topological polar surface area (TPSA) is 70.1 Å². The van der Waals surface area contributed by atoms with Gasteiger partial charge in [0.25, 0.3) is 0 Å². The van der Waals surface area contributed by atoms with Crippen LogP contribution in [0.15, 0.2) is 36.4 Å². The van der Waals surface area contributed by atoms with E-state index in [0.29, 0.717) is 37.2 Å². The Hall–Kier alpha value is -3.07. The summed E-state index contributed by atoms with van der Waals surface area (Å²) in [5, 5.41) is 9.46. The third-order valence-corrected chi connectivity index (χ3v) is 6.94. The van der Waals surface area contributed by atoms with E-state index in [1.54, 1.807) is 41.8 Å². The monoisotopic (exact) mass is 504 g/mol. The number of fused-ring (bicyclic) bond motifs is 1. The van der Waals surface area contributed by atoms with Crippen LogP contribution >= 0.6 is 0 Å². The molecular formula is C27H31F3N2O4. The van der Waals surface area contributed by atoms with Crippen molar-refractivity contribution in [3.8, 4) is 5.75 Å². The third-order valence-electron chi connectivity index (χ3n) is 6.94. The molecule has 0 bridgehead atoms. The van der Waals surface area contributed by atoms with E-state index in [4.69, 9.17) is 4.74 Å². The Morgan fingerprint density at radius 1 is 1.11 bits per heavy atom. The molecule has 0 aliphatic carbocycles. The first-order chi connectivity index (χ1) is 17.0. The molecule has 1 saturated heterocycles. The predicted molar refractivity (Wildman–Crippen MR) is 129 cm³/mol. The molecule has 4 rings (SSSR count). The van der Waals surface area contributed by atoms with Crippen molar-refractivity contribution in [2.45, 2.75) is 64.3 Å². The van der Waals surface area contributed by atoms with Gasteiger partial charge in [0.2, 0.25) is 5.91 Å².